The van der Waals surface area contributed by atoms with Gasteiger partial charge in [-0.3, -0.25) is 24.2 Å². The number of aryl methyl sites for hydroxylation is 2. The van der Waals surface area contributed by atoms with Crippen LogP contribution in [0.1, 0.15) is 104 Å². The van der Waals surface area contributed by atoms with Crippen LogP contribution in [0.25, 0.3) is 0 Å². The minimum Gasteiger partial charge on any atom is -0.381 e. The molecule has 0 bridgehead atoms. The number of thioether (sulfide) groups is 1. The van der Waals surface area contributed by atoms with E-state index in [-0.39, 0.29) is 33.7 Å². The number of fused-ring (bicyclic) bond motifs is 4. The number of hydrogen-bond acceptors (Lipinski definition) is 10. The first-order chi connectivity index (χ1) is 49.2. The van der Waals surface area contributed by atoms with Gasteiger partial charge in [0.2, 0.25) is 0 Å². The van der Waals surface area contributed by atoms with E-state index in [1.807, 2.05) is 60.7 Å². The number of hydrogen-bond donors (Lipinski definition) is 6. The number of ether oxygens (including phenoxy) is 2. The van der Waals surface area contributed by atoms with Crippen LogP contribution in [0.5, 0.6) is 0 Å². The van der Waals surface area contributed by atoms with E-state index in [2.05, 4.69) is 212 Å². The molecule has 0 amide bonds. The minimum absolute atomic E-state index is 0.0199. The summed E-state index contributed by atoms with van der Waals surface area (Å²) >= 11 is 14.7. The first-order valence-corrected chi connectivity index (χ1v) is 39.4. The van der Waals surface area contributed by atoms with Crippen LogP contribution in [-0.2, 0) is 59.3 Å². The number of aliphatic imine (C=N–C) groups is 4. The van der Waals surface area contributed by atoms with Crippen molar-refractivity contribution in [1.29, 1.82) is 0 Å². The molecule has 8 aromatic carbocycles. The molecule has 4 spiro atoms. The van der Waals surface area contributed by atoms with E-state index in [0.29, 0.717) is 38.8 Å². The Morgan fingerprint density at radius 3 is 1.46 bits per heavy atom. The first-order valence-electron chi connectivity index (χ1n) is 36.0. The van der Waals surface area contributed by atoms with Gasteiger partial charge in [0.1, 0.15) is 34.4 Å². The van der Waals surface area contributed by atoms with E-state index in [0.717, 1.165) is 125 Å². The Hall–Kier alpha value is -7.76. The van der Waals surface area contributed by atoms with Gasteiger partial charge in [-0.05, 0) is 152 Å². The molecular weight excluding hydrogens is 1330 g/mol. The Morgan fingerprint density at radius 1 is 0.455 bits per heavy atom. The second kappa shape index (κ2) is 32.7. The number of para-hydroxylation sites is 6. The van der Waals surface area contributed by atoms with Crippen molar-refractivity contribution in [3.05, 3.63) is 249 Å². The lowest BCUT2D eigenvalue weighted by Gasteiger charge is -2.51. The van der Waals surface area contributed by atoms with E-state index < -0.39 is 10.8 Å². The summed E-state index contributed by atoms with van der Waals surface area (Å²) in [4.78, 5) is 20.0. The third kappa shape index (κ3) is 16.5. The standard InChI is InChI=1S/C22H26N2S.C21H24ClN3O.C21H24N2OS.C20H22ClN3O/c1-17-6-4-7-18(14-17)16-23-21-22(10-5-12-25-13-11-22)15-19-8-2-3-9-20(19)24-21;1-14-12-26-13-15(2)21(14)20(23-11-16-7-3-4-8-17(16)22)24-18-9-5-6-10-19(18)25-21;1-16-5-4-6-17(13-16)15-22-20-21(9-11-25(24)12-10-21)14-18-7-2-3-8-19(18)23-20;1-14-13-25-11-10-20(14)19(22-12-15-6-2-3-7-16(15)21)23-17-8-4-5-9-18(17)24-20/h2-4,6-9,14H,5,10-13,15-16H2,1H3,(H,23,24);3-10,14-15,25H,11-13H2,1-2H3,(H,23,24);2-8,13H,9-12,14-15H2,1H3,(H,22,23);2-9,14,24H,10-13H2,1H3,(H,22,23). The van der Waals surface area contributed by atoms with Crippen LogP contribution < -0.4 is 31.9 Å². The molecule has 4 fully saturated rings. The summed E-state index contributed by atoms with van der Waals surface area (Å²) in [5, 5.41) is 23.6. The zero-order valence-corrected chi connectivity index (χ0v) is 62.1. The Kier molecular flexibility index (Phi) is 23.2. The SMILES string of the molecule is CC1COCC(C)C12Nc1ccccc1NC2=NCc1ccccc1Cl.CC1COCCC12Nc1ccccc1NC2=NCc1ccccc1Cl.Cc1cccc(CN=C2Nc3ccccc3CC23CCCSCC3)c1.Cc1cccc(CN=C2Nc3ccccc3CC23CCS(=O)CC3)c1. The summed E-state index contributed by atoms with van der Waals surface area (Å²) in [7, 11) is -0.666. The highest BCUT2D eigenvalue weighted by Gasteiger charge is 2.52. The maximum Gasteiger partial charge on any atom is 0.128 e. The van der Waals surface area contributed by atoms with Crippen molar-refractivity contribution in [1.82, 2.24) is 0 Å². The van der Waals surface area contributed by atoms with E-state index in [1.165, 1.54) is 81.4 Å². The molecule has 0 aromatic heterocycles. The minimum atomic E-state index is -0.666. The third-order valence-corrected chi connectivity index (χ3v) is 24.8. The molecule has 101 heavy (non-hydrogen) atoms. The number of amidine groups is 4. The molecule has 8 aliphatic heterocycles. The van der Waals surface area contributed by atoms with Crippen molar-refractivity contribution >= 4 is 103 Å². The van der Waals surface area contributed by atoms with Crippen molar-refractivity contribution < 1.29 is 13.7 Å². The van der Waals surface area contributed by atoms with Crippen molar-refractivity contribution in [2.24, 2.45) is 48.6 Å². The second-order valence-corrected chi connectivity index (χ2v) is 32.3. The summed E-state index contributed by atoms with van der Waals surface area (Å²) in [5.41, 5.74) is 16.5. The van der Waals surface area contributed by atoms with Gasteiger partial charge in [0.15, 0.2) is 0 Å². The number of nitrogens with zero attached hydrogens (tertiary/aromatic N) is 4. The zero-order chi connectivity index (χ0) is 69.8. The van der Waals surface area contributed by atoms with Crippen LogP contribution in [0, 0.1) is 42.4 Å². The number of benzene rings is 8. The van der Waals surface area contributed by atoms with Crippen LogP contribution in [0.4, 0.5) is 34.1 Å². The fourth-order valence-corrected chi connectivity index (χ4v) is 18.7. The van der Waals surface area contributed by atoms with Gasteiger partial charge in [0.25, 0.3) is 0 Å². The molecule has 8 aliphatic rings. The number of rotatable bonds is 8. The Balaban J connectivity index is 0.000000120. The maximum atomic E-state index is 11.9. The monoisotopic (exact) mass is 1430 g/mol. The predicted octanol–water partition coefficient (Wildman–Crippen LogP) is 18.9. The van der Waals surface area contributed by atoms with Crippen molar-refractivity contribution in [2.75, 3.05) is 81.3 Å². The molecule has 0 radical (unpaired) electrons. The number of halogens is 2. The molecule has 0 saturated carbocycles. The van der Waals surface area contributed by atoms with Gasteiger partial charge in [0.05, 0.1) is 68.7 Å². The van der Waals surface area contributed by atoms with Gasteiger partial charge in [-0.25, -0.2) is 0 Å². The first kappa shape index (κ1) is 71.6. The smallest absolute Gasteiger partial charge is 0.128 e. The van der Waals surface area contributed by atoms with Crippen LogP contribution in [0.15, 0.2) is 214 Å². The van der Waals surface area contributed by atoms with Gasteiger partial charge in [-0.15, -0.1) is 0 Å². The van der Waals surface area contributed by atoms with Crippen LogP contribution in [-0.4, -0.2) is 88.1 Å². The number of anilines is 6. The highest BCUT2D eigenvalue weighted by atomic mass is 35.5. The van der Waals surface area contributed by atoms with Gasteiger partial charge in [-0.2, -0.15) is 11.8 Å². The zero-order valence-electron chi connectivity index (χ0n) is 58.9. The molecule has 0 aliphatic carbocycles. The van der Waals surface area contributed by atoms with E-state index >= 15 is 0 Å². The van der Waals surface area contributed by atoms with Crippen LogP contribution >= 0.6 is 35.0 Å². The highest BCUT2D eigenvalue weighted by Crippen LogP contribution is 2.47. The van der Waals surface area contributed by atoms with Crippen molar-refractivity contribution in [3.63, 3.8) is 0 Å². The topological polar surface area (TPSA) is 157 Å². The van der Waals surface area contributed by atoms with Gasteiger partial charge in [-0.1, -0.05) is 201 Å². The van der Waals surface area contributed by atoms with E-state index in [9.17, 15) is 4.21 Å². The van der Waals surface area contributed by atoms with Gasteiger partial charge < -0.3 is 41.4 Å². The van der Waals surface area contributed by atoms with Crippen molar-refractivity contribution in [2.45, 2.75) is 123 Å². The largest absolute Gasteiger partial charge is 0.381 e. The second-order valence-electron chi connectivity index (χ2n) is 28.6. The summed E-state index contributed by atoms with van der Waals surface area (Å²) in [6.45, 7) is 16.4. The van der Waals surface area contributed by atoms with E-state index in [4.69, 9.17) is 52.6 Å². The molecular formula is C84H96Cl2N10O3S2. The van der Waals surface area contributed by atoms with Gasteiger partial charge >= 0.3 is 0 Å². The quantitative estimate of drug-likeness (QED) is 0.0865. The fourth-order valence-electron chi connectivity index (χ4n) is 15.8. The average molecular weight is 1430 g/mol. The molecule has 8 heterocycles. The summed E-state index contributed by atoms with van der Waals surface area (Å²) in [6.07, 6.45) is 8.68. The third-order valence-electron chi connectivity index (χ3n) is 21.6. The fraction of sp³-hybridized carbons (Fsp3) is 0.381. The predicted molar refractivity (Wildman–Crippen MR) is 427 cm³/mol. The number of nitrogens with one attached hydrogen (secondary N) is 6. The summed E-state index contributed by atoms with van der Waals surface area (Å²) in [5.74, 6) is 9.24. The lowest BCUT2D eigenvalue weighted by atomic mass is 9.71. The Labute approximate surface area is 614 Å². The summed E-state index contributed by atoms with van der Waals surface area (Å²) in [6, 6.07) is 66.8. The Morgan fingerprint density at radius 2 is 0.911 bits per heavy atom. The maximum absolute atomic E-state index is 11.9. The van der Waals surface area contributed by atoms with Gasteiger partial charge in [0, 0.05) is 85.3 Å². The molecule has 6 N–H and O–H groups in total. The molecule has 13 nitrogen and oxygen atoms in total. The van der Waals surface area contributed by atoms with Crippen LogP contribution in [0.2, 0.25) is 10.0 Å². The summed E-state index contributed by atoms with van der Waals surface area (Å²) < 4.78 is 23.4. The lowest BCUT2D eigenvalue weighted by molar-refractivity contribution is 0.000307. The van der Waals surface area contributed by atoms with Crippen molar-refractivity contribution in [3.8, 4) is 0 Å². The lowest BCUT2D eigenvalue weighted by Crippen LogP contribution is -2.64. The molecule has 17 heteroatoms. The Bertz CT molecular complexity index is 4340. The van der Waals surface area contributed by atoms with Crippen LogP contribution in [0.3, 0.4) is 0 Å². The van der Waals surface area contributed by atoms with E-state index in [1.54, 1.807) is 0 Å². The molecule has 4 saturated heterocycles. The molecule has 5 atom stereocenters. The molecule has 526 valence electrons. The molecule has 16 rings (SSSR count). The molecule has 5 unspecified atom stereocenters. The normalized spacial score (nSPS) is 26.9. The highest BCUT2D eigenvalue weighted by molar-refractivity contribution is 7.99. The average Bonchev–Trinajstić information content (AvgIpc) is 0.884. The molecule has 8 aromatic rings.